The Kier molecular flexibility index (Phi) is 8.81. The van der Waals surface area contributed by atoms with Gasteiger partial charge in [-0.05, 0) is 90.9 Å². The van der Waals surface area contributed by atoms with Crippen molar-refractivity contribution in [2.75, 3.05) is 0 Å². The van der Waals surface area contributed by atoms with Gasteiger partial charge in [-0.3, -0.25) is 0 Å². The number of esters is 3. The summed E-state index contributed by atoms with van der Waals surface area (Å²) in [4.78, 5) is 35.3. The summed E-state index contributed by atoms with van der Waals surface area (Å²) in [6.07, 6.45) is 3.36. The molecule has 0 aliphatic heterocycles. The second-order valence-corrected chi connectivity index (χ2v) is 8.83. The summed E-state index contributed by atoms with van der Waals surface area (Å²) in [7, 11) is 0. The largest absolute Gasteiger partial charge is 0.423 e. The SMILES string of the molecule is C=CC(=O)Oc1ccc(C(c2cc(C)c(OC(=O)C=C)cc2C)c2cc(C)c(OC(=O)C=C)cc2C)cc1. The molecule has 0 fully saturated rings. The zero-order chi connectivity index (χ0) is 28.0. The first kappa shape index (κ1) is 27.9. The van der Waals surface area contributed by atoms with E-state index in [2.05, 4.69) is 19.7 Å². The van der Waals surface area contributed by atoms with Crippen molar-refractivity contribution in [3.63, 3.8) is 0 Å². The van der Waals surface area contributed by atoms with Crippen molar-refractivity contribution in [3.05, 3.63) is 125 Å². The summed E-state index contributed by atoms with van der Waals surface area (Å²) in [5.41, 5.74) is 6.33. The van der Waals surface area contributed by atoms with E-state index in [4.69, 9.17) is 14.2 Å². The molecule has 0 spiro atoms. The van der Waals surface area contributed by atoms with E-state index < -0.39 is 17.9 Å². The Labute approximate surface area is 222 Å². The number of carbonyl (C=O) groups is 3. The highest BCUT2D eigenvalue weighted by Gasteiger charge is 2.24. The first-order chi connectivity index (χ1) is 18.1. The van der Waals surface area contributed by atoms with Crippen LogP contribution >= 0.6 is 0 Å². The summed E-state index contributed by atoms with van der Waals surface area (Å²) >= 11 is 0. The van der Waals surface area contributed by atoms with E-state index in [1.54, 1.807) is 12.1 Å². The Morgan fingerprint density at radius 1 is 0.605 bits per heavy atom. The standard InChI is InChI=1S/C32H30O6/c1-8-29(33)36-24-13-11-23(12-14-24)32(25-15-21(6)27(17-19(25)4)37-30(34)9-2)26-16-22(7)28(18-20(26)5)38-31(35)10-3/h8-18,32H,1-3H2,4-7H3. The van der Waals surface area contributed by atoms with E-state index in [0.29, 0.717) is 17.2 Å². The molecular weight excluding hydrogens is 480 g/mol. The molecule has 3 rings (SSSR count). The zero-order valence-corrected chi connectivity index (χ0v) is 22.0. The summed E-state index contributed by atoms with van der Waals surface area (Å²) in [6, 6.07) is 14.9. The molecule has 6 heteroatoms. The Bertz CT molecular complexity index is 1350. The number of hydrogen-bond donors (Lipinski definition) is 0. The van der Waals surface area contributed by atoms with Gasteiger partial charge >= 0.3 is 17.9 Å². The third kappa shape index (κ3) is 6.34. The second-order valence-electron chi connectivity index (χ2n) is 8.83. The summed E-state index contributed by atoms with van der Waals surface area (Å²) in [6.45, 7) is 18.0. The molecule has 0 radical (unpaired) electrons. The van der Waals surface area contributed by atoms with Crippen molar-refractivity contribution in [3.8, 4) is 17.2 Å². The van der Waals surface area contributed by atoms with Crippen LogP contribution in [0.25, 0.3) is 0 Å². The Morgan fingerprint density at radius 2 is 1.00 bits per heavy atom. The van der Waals surface area contributed by atoms with Crippen LogP contribution in [-0.2, 0) is 14.4 Å². The quantitative estimate of drug-likeness (QED) is 0.144. The van der Waals surface area contributed by atoms with Crippen LogP contribution in [0.15, 0.2) is 86.5 Å². The highest BCUT2D eigenvalue weighted by atomic mass is 16.5. The summed E-state index contributed by atoms with van der Waals surface area (Å²) < 4.78 is 16.1. The van der Waals surface area contributed by atoms with Gasteiger partial charge in [0, 0.05) is 24.1 Å². The lowest BCUT2D eigenvalue weighted by Crippen LogP contribution is -2.11. The monoisotopic (exact) mass is 510 g/mol. The van der Waals surface area contributed by atoms with Crippen LogP contribution in [0, 0.1) is 27.7 Å². The Hall–Kier alpha value is -4.71. The van der Waals surface area contributed by atoms with Crippen molar-refractivity contribution in [1.82, 2.24) is 0 Å². The maximum Gasteiger partial charge on any atom is 0.335 e. The smallest absolute Gasteiger partial charge is 0.335 e. The predicted octanol–water partition coefficient (Wildman–Crippen LogP) is 6.37. The third-order valence-electron chi connectivity index (χ3n) is 6.10. The van der Waals surface area contributed by atoms with Crippen molar-refractivity contribution >= 4 is 17.9 Å². The lowest BCUT2D eigenvalue weighted by molar-refractivity contribution is -0.129. The van der Waals surface area contributed by atoms with Crippen molar-refractivity contribution in [1.29, 1.82) is 0 Å². The van der Waals surface area contributed by atoms with Gasteiger partial charge < -0.3 is 14.2 Å². The molecule has 0 aliphatic rings. The van der Waals surface area contributed by atoms with Gasteiger partial charge in [-0.25, -0.2) is 14.4 Å². The van der Waals surface area contributed by atoms with Crippen LogP contribution in [0.5, 0.6) is 17.2 Å². The molecule has 0 bridgehead atoms. The van der Waals surface area contributed by atoms with E-state index in [9.17, 15) is 14.4 Å². The topological polar surface area (TPSA) is 78.9 Å². The first-order valence-corrected chi connectivity index (χ1v) is 11.9. The highest BCUT2D eigenvalue weighted by Crippen LogP contribution is 2.40. The molecule has 0 heterocycles. The first-order valence-electron chi connectivity index (χ1n) is 11.9. The van der Waals surface area contributed by atoms with Gasteiger partial charge in [0.1, 0.15) is 17.2 Å². The van der Waals surface area contributed by atoms with E-state index in [-0.39, 0.29) is 5.92 Å². The molecule has 0 atom stereocenters. The van der Waals surface area contributed by atoms with Gasteiger partial charge in [-0.2, -0.15) is 0 Å². The molecule has 6 nitrogen and oxygen atoms in total. The van der Waals surface area contributed by atoms with Gasteiger partial charge in [-0.15, -0.1) is 0 Å². The van der Waals surface area contributed by atoms with E-state index >= 15 is 0 Å². The van der Waals surface area contributed by atoms with E-state index in [0.717, 1.165) is 57.2 Å². The molecule has 0 aliphatic carbocycles. The summed E-state index contributed by atoms with van der Waals surface area (Å²) in [5, 5.41) is 0. The van der Waals surface area contributed by atoms with Crippen LogP contribution < -0.4 is 14.2 Å². The number of aryl methyl sites for hydroxylation is 4. The van der Waals surface area contributed by atoms with E-state index in [1.165, 1.54) is 0 Å². The number of carbonyl (C=O) groups excluding carboxylic acids is 3. The lowest BCUT2D eigenvalue weighted by Gasteiger charge is -2.25. The van der Waals surface area contributed by atoms with Gasteiger partial charge in [0.25, 0.3) is 0 Å². The average Bonchev–Trinajstić information content (AvgIpc) is 2.90. The minimum atomic E-state index is -0.540. The van der Waals surface area contributed by atoms with Crippen molar-refractivity contribution < 1.29 is 28.6 Å². The molecule has 3 aromatic carbocycles. The van der Waals surface area contributed by atoms with Crippen LogP contribution in [-0.4, -0.2) is 17.9 Å². The minimum Gasteiger partial charge on any atom is -0.423 e. The number of ether oxygens (including phenoxy) is 3. The maximum absolute atomic E-state index is 11.8. The molecular formula is C32H30O6. The molecule has 0 amide bonds. The summed E-state index contributed by atoms with van der Waals surface area (Å²) in [5.74, 6) is -0.513. The highest BCUT2D eigenvalue weighted by molar-refractivity contribution is 5.84. The lowest BCUT2D eigenvalue weighted by atomic mass is 9.80. The van der Waals surface area contributed by atoms with Crippen molar-refractivity contribution in [2.24, 2.45) is 0 Å². The van der Waals surface area contributed by atoms with Crippen LogP contribution in [0.1, 0.15) is 44.9 Å². The molecule has 0 unspecified atom stereocenters. The Morgan fingerprint density at radius 3 is 1.39 bits per heavy atom. The predicted molar refractivity (Wildman–Crippen MR) is 147 cm³/mol. The maximum atomic E-state index is 11.8. The molecule has 0 saturated carbocycles. The fourth-order valence-electron chi connectivity index (χ4n) is 4.18. The van der Waals surface area contributed by atoms with Crippen molar-refractivity contribution in [2.45, 2.75) is 33.6 Å². The van der Waals surface area contributed by atoms with Gasteiger partial charge in [0.15, 0.2) is 0 Å². The molecule has 194 valence electrons. The number of benzene rings is 3. The van der Waals surface area contributed by atoms with Crippen LogP contribution in [0.2, 0.25) is 0 Å². The minimum absolute atomic E-state index is 0.232. The van der Waals surface area contributed by atoms with Gasteiger partial charge in [0.2, 0.25) is 0 Å². The fourth-order valence-corrected chi connectivity index (χ4v) is 4.18. The fraction of sp³-hybridized carbons (Fsp3) is 0.156. The third-order valence-corrected chi connectivity index (χ3v) is 6.10. The molecule has 0 aromatic heterocycles. The zero-order valence-electron chi connectivity index (χ0n) is 22.0. The van der Waals surface area contributed by atoms with Crippen LogP contribution in [0.3, 0.4) is 0 Å². The van der Waals surface area contributed by atoms with Gasteiger partial charge in [-0.1, -0.05) is 44.0 Å². The molecule has 0 N–H and O–H groups in total. The molecule has 38 heavy (non-hydrogen) atoms. The number of hydrogen-bond acceptors (Lipinski definition) is 6. The van der Waals surface area contributed by atoms with Crippen LogP contribution in [0.4, 0.5) is 0 Å². The normalized spacial score (nSPS) is 10.4. The van der Waals surface area contributed by atoms with E-state index in [1.807, 2.05) is 64.1 Å². The Balaban J connectivity index is 2.18. The second kappa shape index (κ2) is 12.0. The van der Waals surface area contributed by atoms with Gasteiger partial charge in [0.05, 0.1) is 0 Å². The molecule has 0 saturated heterocycles. The number of rotatable bonds is 9. The average molecular weight is 511 g/mol. The molecule has 3 aromatic rings.